The molecule has 4 nitrogen and oxygen atoms in total. The summed E-state index contributed by atoms with van der Waals surface area (Å²) in [5.41, 5.74) is 11.2. The minimum Gasteiger partial charge on any atom is -0.399 e. The van der Waals surface area contributed by atoms with Crippen LogP contribution in [0.2, 0.25) is 0 Å². The molecule has 0 aliphatic rings. The lowest BCUT2D eigenvalue weighted by Crippen LogP contribution is -2.30. The largest absolute Gasteiger partial charge is 0.399 e. The van der Waals surface area contributed by atoms with Gasteiger partial charge >= 0.3 is 0 Å². The van der Waals surface area contributed by atoms with Crippen LogP contribution >= 0.6 is 12.2 Å². The Hall–Kier alpha value is -2.27. The first-order valence-corrected chi connectivity index (χ1v) is 8.04. The van der Waals surface area contributed by atoms with Gasteiger partial charge in [-0.05, 0) is 61.0 Å². The van der Waals surface area contributed by atoms with Crippen molar-refractivity contribution in [1.29, 1.82) is 0 Å². The summed E-state index contributed by atoms with van der Waals surface area (Å²) in [6, 6.07) is 13.9. The summed E-state index contributed by atoms with van der Waals surface area (Å²) in [4.78, 5) is 2.16. The zero-order valence-corrected chi connectivity index (χ0v) is 14.7. The van der Waals surface area contributed by atoms with Gasteiger partial charge in [0, 0.05) is 37.7 Å². The molecule has 0 bridgehead atoms. The van der Waals surface area contributed by atoms with E-state index in [1.165, 1.54) is 16.8 Å². The molecule has 4 N–H and O–H groups in total. The van der Waals surface area contributed by atoms with E-state index in [1.807, 2.05) is 24.3 Å². The van der Waals surface area contributed by atoms with Gasteiger partial charge < -0.3 is 21.3 Å². The van der Waals surface area contributed by atoms with Crippen molar-refractivity contribution >= 4 is 34.4 Å². The molecule has 2 rings (SSSR count). The molecule has 0 radical (unpaired) electrons. The smallest absolute Gasteiger partial charge is 0.170 e. The number of nitrogens with zero attached hydrogens (tertiary/aromatic N) is 1. The van der Waals surface area contributed by atoms with Gasteiger partial charge in [-0.25, -0.2) is 0 Å². The number of thiocarbonyl (C=S) groups is 1. The Labute approximate surface area is 143 Å². The van der Waals surface area contributed by atoms with Gasteiger partial charge in [0.1, 0.15) is 0 Å². The van der Waals surface area contributed by atoms with Crippen LogP contribution < -0.4 is 21.3 Å². The number of nitrogen functional groups attached to an aromatic ring is 1. The summed E-state index contributed by atoms with van der Waals surface area (Å²) < 4.78 is 0. The van der Waals surface area contributed by atoms with Crippen LogP contribution in [0.1, 0.15) is 11.1 Å². The number of para-hydroxylation sites is 1. The highest BCUT2D eigenvalue weighted by Gasteiger charge is 2.07. The summed E-state index contributed by atoms with van der Waals surface area (Å²) in [7, 11) is 4.15. The predicted octanol–water partition coefficient (Wildman–Crippen LogP) is 3.17. The van der Waals surface area contributed by atoms with Gasteiger partial charge in [0.15, 0.2) is 5.11 Å². The van der Waals surface area contributed by atoms with Gasteiger partial charge in [-0.2, -0.15) is 0 Å². The normalized spacial score (nSPS) is 10.2. The summed E-state index contributed by atoms with van der Waals surface area (Å²) >= 11 is 5.33. The number of nitrogens with two attached hydrogens (primary N) is 1. The molecule has 0 aliphatic heterocycles. The maximum atomic E-state index is 5.67. The maximum Gasteiger partial charge on any atom is 0.170 e. The van der Waals surface area contributed by atoms with Crippen LogP contribution in [-0.2, 0) is 6.42 Å². The zero-order chi connectivity index (χ0) is 16.8. The monoisotopic (exact) mass is 328 g/mol. The number of anilines is 3. The Morgan fingerprint density at radius 1 is 1.13 bits per heavy atom. The molecule has 0 saturated heterocycles. The molecule has 0 atom stereocenters. The molecule has 0 heterocycles. The van der Waals surface area contributed by atoms with Crippen LogP contribution in [0.3, 0.4) is 0 Å². The third-order valence-corrected chi connectivity index (χ3v) is 3.86. The van der Waals surface area contributed by atoms with E-state index in [-0.39, 0.29) is 0 Å². The molecule has 0 spiro atoms. The zero-order valence-electron chi connectivity index (χ0n) is 13.9. The Morgan fingerprint density at radius 3 is 2.48 bits per heavy atom. The van der Waals surface area contributed by atoms with Gasteiger partial charge in [-0.15, -0.1) is 0 Å². The van der Waals surface area contributed by atoms with E-state index in [1.54, 1.807) is 0 Å². The van der Waals surface area contributed by atoms with Crippen molar-refractivity contribution in [1.82, 2.24) is 5.32 Å². The maximum absolute atomic E-state index is 5.67. The van der Waals surface area contributed by atoms with E-state index >= 15 is 0 Å². The van der Waals surface area contributed by atoms with E-state index in [9.17, 15) is 0 Å². The molecular formula is C18H24N4S. The van der Waals surface area contributed by atoms with Crippen molar-refractivity contribution < 1.29 is 0 Å². The molecule has 2 aromatic rings. The van der Waals surface area contributed by atoms with Crippen LogP contribution in [0, 0.1) is 6.92 Å². The van der Waals surface area contributed by atoms with Crippen LogP contribution in [0.5, 0.6) is 0 Å². The van der Waals surface area contributed by atoms with Crippen LogP contribution in [-0.4, -0.2) is 25.8 Å². The van der Waals surface area contributed by atoms with Crippen LogP contribution in [0.4, 0.5) is 17.1 Å². The summed E-state index contributed by atoms with van der Waals surface area (Å²) in [6.07, 6.45) is 0.915. The van der Waals surface area contributed by atoms with E-state index in [0.717, 1.165) is 24.3 Å². The highest BCUT2D eigenvalue weighted by Crippen LogP contribution is 2.23. The molecule has 122 valence electrons. The fourth-order valence-electron chi connectivity index (χ4n) is 2.61. The number of nitrogens with one attached hydrogen (secondary N) is 2. The van der Waals surface area contributed by atoms with Gasteiger partial charge in [0.25, 0.3) is 0 Å². The Morgan fingerprint density at radius 2 is 1.83 bits per heavy atom. The third-order valence-electron chi connectivity index (χ3n) is 3.62. The number of aryl methyl sites for hydroxylation is 1. The number of benzene rings is 2. The van der Waals surface area contributed by atoms with Crippen molar-refractivity contribution in [3.63, 3.8) is 0 Å². The average Bonchev–Trinajstić information content (AvgIpc) is 2.49. The highest BCUT2D eigenvalue weighted by molar-refractivity contribution is 7.80. The van der Waals surface area contributed by atoms with Crippen molar-refractivity contribution in [2.24, 2.45) is 0 Å². The Bertz CT molecular complexity index is 665. The third kappa shape index (κ3) is 4.86. The lowest BCUT2D eigenvalue weighted by Gasteiger charge is -2.20. The van der Waals surface area contributed by atoms with Crippen LogP contribution in [0.15, 0.2) is 42.5 Å². The number of hydrogen-bond donors (Lipinski definition) is 3. The highest BCUT2D eigenvalue weighted by atomic mass is 32.1. The van der Waals surface area contributed by atoms with Gasteiger partial charge in [0.2, 0.25) is 0 Å². The van der Waals surface area contributed by atoms with Crippen molar-refractivity contribution in [3.05, 3.63) is 53.6 Å². The lowest BCUT2D eigenvalue weighted by molar-refractivity contribution is 0.867. The summed E-state index contributed by atoms with van der Waals surface area (Å²) in [5.74, 6) is 0. The first kappa shape index (κ1) is 17.1. The van der Waals surface area contributed by atoms with E-state index in [4.69, 9.17) is 18.0 Å². The first-order valence-electron chi connectivity index (χ1n) is 7.63. The molecule has 0 amide bonds. The molecule has 0 saturated carbocycles. The quantitative estimate of drug-likeness (QED) is 0.581. The molecule has 0 aliphatic carbocycles. The SMILES string of the molecule is Cc1cccc(CCNC(=S)Nc2ccc(N)cc2)c1N(C)C. The van der Waals surface area contributed by atoms with Crippen molar-refractivity contribution in [2.75, 3.05) is 36.6 Å². The molecule has 2 aromatic carbocycles. The predicted molar refractivity (Wildman–Crippen MR) is 104 cm³/mol. The minimum atomic E-state index is 0.619. The van der Waals surface area contributed by atoms with Crippen molar-refractivity contribution in [3.8, 4) is 0 Å². The molecule has 0 aromatic heterocycles. The van der Waals surface area contributed by atoms with Gasteiger partial charge in [0.05, 0.1) is 0 Å². The second kappa shape index (κ2) is 7.83. The minimum absolute atomic E-state index is 0.619. The lowest BCUT2D eigenvalue weighted by atomic mass is 10.0. The molecule has 5 heteroatoms. The average molecular weight is 328 g/mol. The van der Waals surface area contributed by atoms with E-state index in [2.05, 4.69) is 54.8 Å². The van der Waals surface area contributed by atoms with Gasteiger partial charge in [-0.1, -0.05) is 18.2 Å². The van der Waals surface area contributed by atoms with E-state index in [0.29, 0.717) is 5.11 Å². The molecular weight excluding hydrogens is 304 g/mol. The fourth-order valence-corrected chi connectivity index (χ4v) is 2.83. The summed E-state index contributed by atoms with van der Waals surface area (Å²) in [6.45, 7) is 2.92. The Balaban J connectivity index is 1.89. The van der Waals surface area contributed by atoms with Crippen molar-refractivity contribution in [2.45, 2.75) is 13.3 Å². The topological polar surface area (TPSA) is 53.3 Å². The Kier molecular flexibility index (Phi) is 5.82. The molecule has 23 heavy (non-hydrogen) atoms. The standard InChI is InChI=1S/C18H24N4S/c1-13-5-4-6-14(17(13)22(2)3)11-12-20-18(23)21-16-9-7-15(19)8-10-16/h4-10H,11-12,19H2,1-3H3,(H2,20,21,23). The summed E-state index contributed by atoms with van der Waals surface area (Å²) in [5, 5.41) is 7.03. The van der Waals surface area contributed by atoms with Gasteiger partial charge in [-0.3, -0.25) is 0 Å². The van der Waals surface area contributed by atoms with E-state index < -0.39 is 0 Å². The van der Waals surface area contributed by atoms with Crippen LogP contribution in [0.25, 0.3) is 0 Å². The number of hydrogen-bond acceptors (Lipinski definition) is 3. The first-order chi connectivity index (χ1) is 11.0. The molecule has 0 fully saturated rings. The number of rotatable bonds is 5. The second-order valence-electron chi connectivity index (χ2n) is 5.73. The fraction of sp³-hybridized carbons (Fsp3) is 0.278. The second-order valence-corrected chi connectivity index (χ2v) is 6.14. The molecule has 0 unspecified atom stereocenters.